The molecule has 118 valence electrons. The van der Waals surface area contributed by atoms with Gasteiger partial charge in [-0.2, -0.15) is 0 Å². The van der Waals surface area contributed by atoms with E-state index in [-0.39, 0.29) is 11.7 Å². The van der Waals surface area contributed by atoms with Crippen LogP contribution in [0, 0.1) is 0 Å². The van der Waals surface area contributed by atoms with E-state index >= 15 is 0 Å². The van der Waals surface area contributed by atoms with Gasteiger partial charge in [0.05, 0.1) is 10.6 Å². The number of hydrogen-bond donors (Lipinski definition) is 1. The molecule has 0 unspecified atom stereocenters. The van der Waals surface area contributed by atoms with Gasteiger partial charge in [0.2, 0.25) is 0 Å². The number of aromatic hydroxyl groups is 1. The standard InChI is InChI=1S/C18H18N2O2S/c1-23-17-7-4-15(12-19-17)18(22)20-10-8-14(9-11-20)13-2-5-16(21)6-3-13/h2-8,12,21H,9-11H2,1H3. The lowest BCUT2D eigenvalue weighted by molar-refractivity contribution is 0.0772. The number of pyridine rings is 1. The largest absolute Gasteiger partial charge is 0.508 e. The summed E-state index contributed by atoms with van der Waals surface area (Å²) in [7, 11) is 0. The Morgan fingerprint density at radius 3 is 2.57 bits per heavy atom. The van der Waals surface area contributed by atoms with Gasteiger partial charge >= 0.3 is 0 Å². The summed E-state index contributed by atoms with van der Waals surface area (Å²) in [5.74, 6) is 0.286. The van der Waals surface area contributed by atoms with Crippen LogP contribution in [0.3, 0.4) is 0 Å². The van der Waals surface area contributed by atoms with Gasteiger partial charge < -0.3 is 10.0 Å². The molecule has 1 aliphatic rings. The molecule has 1 aliphatic heterocycles. The molecule has 0 atom stereocenters. The predicted octanol–water partition coefficient (Wildman–Crippen LogP) is 3.44. The van der Waals surface area contributed by atoms with E-state index in [1.54, 1.807) is 30.1 Å². The van der Waals surface area contributed by atoms with Crippen molar-refractivity contribution in [1.29, 1.82) is 0 Å². The molecule has 0 saturated carbocycles. The van der Waals surface area contributed by atoms with Crippen LogP contribution in [0.1, 0.15) is 22.3 Å². The number of carbonyl (C=O) groups is 1. The average molecular weight is 326 g/mol. The van der Waals surface area contributed by atoms with Crippen molar-refractivity contribution in [1.82, 2.24) is 9.88 Å². The summed E-state index contributed by atoms with van der Waals surface area (Å²) in [5, 5.41) is 10.3. The fourth-order valence-corrected chi connectivity index (χ4v) is 2.96. The van der Waals surface area contributed by atoms with Crippen molar-refractivity contribution in [2.75, 3.05) is 19.3 Å². The molecule has 0 aliphatic carbocycles. The van der Waals surface area contributed by atoms with E-state index in [2.05, 4.69) is 11.1 Å². The van der Waals surface area contributed by atoms with E-state index in [0.29, 0.717) is 18.7 Å². The first kappa shape index (κ1) is 15.6. The molecule has 0 bridgehead atoms. The number of phenolic OH excluding ortho intramolecular Hbond substituents is 1. The van der Waals surface area contributed by atoms with Gasteiger partial charge in [0.25, 0.3) is 5.91 Å². The zero-order valence-electron chi connectivity index (χ0n) is 12.9. The van der Waals surface area contributed by atoms with E-state index in [1.807, 2.05) is 35.4 Å². The van der Waals surface area contributed by atoms with Crippen LogP contribution >= 0.6 is 11.8 Å². The molecule has 0 radical (unpaired) electrons. The molecule has 23 heavy (non-hydrogen) atoms. The van der Waals surface area contributed by atoms with Gasteiger partial charge in [-0.25, -0.2) is 4.98 Å². The number of nitrogens with zero attached hydrogens (tertiary/aromatic N) is 2. The first-order chi connectivity index (χ1) is 11.2. The molecule has 0 saturated heterocycles. The van der Waals surface area contributed by atoms with Crippen LogP contribution in [0.2, 0.25) is 0 Å². The van der Waals surface area contributed by atoms with Gasteiger partial charge in [-0.3, -0.25) is 4.79 Å². The number of amides is 1. The van der Waals surface area contributed by atoms with E-state index in [9.17, 15) is 9.90 Å². The topological polar surface area (TPSA) is 53.4 Å². The van der Waals surface area contributed by atoms with Gasteiger partial charge in [-0.05, 0) is 48.1 Å². The summed E-state index contributed by atoms with van der Waals surface area (Å²) in [6.45, 7) is 1.29. The molecule has 4 nitrogen and oxygen atoms in total. The van der Waals surface area contributed by atoms with E-state index in [4.69, 9.17) is 0 Å². The van der Waals surface area contributed by atoms with Gasteiger partial charge in [-0.1, -0.05) is 18.2 Å². The van der Waals surface area contributed by atoms with Crippen LogP contribution in [-0.4, -0.2) is 40.2 Å². The lowest BCUT2D eigenvalue weighted by Gasteiger charge is -2.26. The molecule has 0 spiro atoms. The Hall–Kier alpha value is -2.27. The van der Waals surface area contributed by atoms with Gasteiger partial charge in [0.1, 0.15) is 5.75 Å². The van der Waals surface area contributed by atoms with E-state index in [1.165, 1.54) is 5.57 Å². The number of phenols is 1. The number of aromatic nitrogens is 1. The molecule has 1 aromatic heterocycles. The summed E-state index contributed by atoms with van der Waals surface area (Å²) >= 11 is 1.56. The zero-order valence-corrected chi connectivity index (χ0v) is 13.7. The first-order valence-electron chi connectivity index (χ1n) is 7.45. The minimum atomic E-state index is 0.0196. The van der Waals surface area contributed by atoms with Crippen molar-refractivity contribution in [2.45, 2.75) is 11.4 Å². The van der Waals surface area contributed by atoms with Crippen LogP contribution in [0.5, 0.6) is 5.75 Å². The highest BCUT2D eigenvalue weighted by Gasteiger charge is 2.19. The highest BCUT2D eigenvalue weighted by atomic mass is 32.2. The van der Waals surface area contributed by atoms with Crippen molar-refractivity contribution < 1.29 is 9.90 Å². The Balaban J connectivity index is 1.69. The average Bonchev–Trinajstić information content (AvgIpc) is 2.62. The highest BCUT2D eigenvalue weighted by Crippen LogP contribution is 2.24. The summed E-state index contributed by atoms with van der Waals surface area (Å²) < 4.78 is 0. The molecule has 5 heteroatoms. The SMILES string of the molecule is CSc1ccc(C(=O)N2CC=C(c3ccc(O)cc3)CC2)cn1. The second kappa shape index (κ2) is 6.87. The van der Waals surface area contributed by atoms with Crippen LogP contribution in [0.15, 0.2) is 53.7 Å². The molecule has 1 N–H and O–H groups in total. The van der Waals surface area contributed by atoms with E-state index < -0.39 is 0 Å². The fourth-order valence-electron chi connectivity index (χ4n) is 2.60. The molecular weight excluding hydrogens is 308 g/mol. The molecular formula is C18H18N2O2S. The van der Waals surface area contributed by atoms with Crippen LogP contribution in [-0.2, 0) is 0 Å². The number of rotatable bonds is 3. The van der Waals surface area contributed by atoms with Gasteiger partial charge in [-0.15, -0.1) is 11.8 Å². The molecule has 0 fully saturated rings. The maximum atomic E-state index is 12.5. The Morgan fingerprint density at radius 2 is 2.00 bits per heavy atom. The quantitative estimate of drug-likeness (QED) is 0.878. The monoisotopic (exact) mass is 326 g/mol. The third-order valence-corrected chi connectivity index (χ3v) is 4.59. The minimum absolute atomic E-state index is 0.0196. The molecule has 3 rings (SSSR count). The van der Waals surface area contributed by atoms with Crippen LogP contribution in [0.25, 0.3) is 5.57 Å². The lowest BCUT2D eigenvalue weighted by Crippen LogP contribution is -2.34. The summed E-state index contributed by atoms with van der Waals surface area (Å²) in [4.78, 5) is 18.6. The predicted molar refractivity (Wildman–Crippen MR) is 92.6 cm³/mol. The lowest BCUT2D eigenvalue weighted by atomic mass is 9.99. The second-order valence-corrected chi connectivity index (χ2v) is 6.19. The highest BCUT2D eigenvalue weighted by molar-refractivity contribution is 7.98. The molecule has 2 aromatic rings. The Bertz CT molecular complexity index is 724. The Morgan fingerprint density at radius 1 is 1.22 bits per heavy atom. The van der Waals surface area contributed by atoms with Crippen LogP contribution < -0.4 is 0 Å². The second-order valence-electron chi connectivity index (χ2n) is 5.37. The van der Waals surface area contributed by atoms with Gasteiger partial charge in [0, 0.05) is 19.3 Å². The van der Waals surface area contributed by atoms with Crippen molar-refractivity contribution in [2.24, 2.45) is 0 Å². The Labute approximate surface area is 139 Å². The fraction of sp³-hybridized carbons (Fsp3) is 0.222. The normalized spacial score (nSPS) is 14.5. The first-order valence-corrected chi connectivity index (χ1v) is 8.67. The molecule has 1 aromatic carbocycles. The third-order valence-electron chi connectivity index (χ3n) is 3.93. The van der Waals surface area contributed by atoms with Crippen molar-refractivity contribution in [3.63, 3.8) is 0 Å². The summed E-state index contributed by atoms with van der Waals surface area (Å²) in [6.07, 6.45) is 6.50. The smallest absolute Gasteiger partial charge is 0.255 e. The van der Waals surface area contributed by atoms with Crippen LogP contribution in [0.4, 0.5) is 0 Å². The number of carbonyl (C=O) groups excluding carboxylic acids is 1. The summed E-state index contributed by atoms with van der Waals surface area (Å²) in [6, 6.07) is 10.9. The number of hydrogen-bond acceptors (Lipinski definition) is 4. The number of benzene rings is 1. The Kier molecular flexibility index (Phi) is 4.67. The maximum Gasteiger partial charge on any atom is 0.255 e. The van der Waals surface area contributed by atoms with E-state index in [0.717, 1.165) is 17.0 Å². The van der Waals surface area contributed by atoms with Crippen molar-refractivity contribution >= 4 is 23.2 Å². The molecule has 1 amide bonds. The number of thioether (sulfide) groups is 1. The third kappa shape index (κ3) is 3.56. The zero-order chi connectivity index (χ0) is 16.2. The van der Waals surface area contributed by atoms with Crippen molar-refractivity contribution in [3.05, 3.63) is 59.8 Å². The van der Waals surface area contributed by atoms with Gasteiger partial charge in [0.15, 0.2) is 0 Å². The minimum Gasteiger partial charge on any atom is -0.508 e. The van der Waals surface area contributed by atoms with Crippen molar-refractivity contribution in [3.8, 4) is 5.75 Å². The maximum absolute atomic E-state index is 12.5. The summed E-state index contributed by atoms with van der Waals surface area (Å²) in [5.41, 5.74) is 2.94. The molecule has 2 heterocycles.